The highest BCUT2D eigenvalue weighted by atomic mass is 14.6. The Kier molecular flexibility index (Phi) is 2.72. The van der Waals surface area contributed by atoms with E-state index in [0.29, 0.717) is 6.04 Å². The summed E-state index contributed by atoms with van der Waals surface area (Å²) in [5, 5.41) is 0. The lowest BCUT2D eigenvalue weighted by Gasteiger charge is -2.16. The van der Waals surface area contributed by atoms with E-state index in [0.717, 1.165) is 11.8 Å². The predicted octanol–water partition coefficient (Wildman–Crippen LogP) is 2.16. The van der Waals surface area contributed by atoms with Crippen LogP contribution in [-0.2, 0) is 0 Å². The van der Waals surface area contributed by atoms with Gasteiger partial charge < -0.3 is 5.73 Å². The van der Waals surface area contributed by atoms with Crippen molar-refractivity contribution in [1.82, 2.24) is 0 Å². The first-order valence-corrected chi connectivity index (χ1v) is 4.45. The first-order chi connectivity index (χ1) is 4.70. The second-order valence-corrected chi connectivity index (χ2v) is 3.88. The third-order valence-electron chi connectivity index (χ3n) is 2.88. The van der Waals surface area contributed by atoms with Crippen LogP contribution in [0.1, 0.15) is 39.5 Å². The zero-order chi connectivity index (χ0) is 7.56. The molecule has 0 saturated heterocycles. The molecule has 1 heteroatoms. The lowest BCUT2D eigenvalue weighted by molar-refractivity contribution is 0.357. The number of nitrogens with two attached hydrogens (primary N) is 1. The Bertz CT molecular complexity index is 101. The van der Waals surface area contributed by atoms with Crippen LogP contribution in [0.2, 0.25) is 0 Å². The molecule has 0 spiro atoms. The van der Waals surface area contributed by atoms with Crippen molar-refractivity contribution in [2.24, 2.45) is 17.6 Å². The van der Waals surface area contributed by atoms with Crippen molar-refractivity contribution in [2.45, 2.75) is 45.6 Å². The minimum Gasteiger partial charge on any atom is -0.328 e. The molecule has 0 amide bonds. The molecule has 0 aromatic heterocycles. The Morgan fingerprint density at radius 2 is 1.80 bits per heavy atom. The number of hydrogen-bond donors (Lipinski definition) is 1. The molecular weight excluding hydrogens is 122 g/mol. The van der Waals surface area contributed by atoms with Crippen LogP contribution in [0.15, 0.2) is 0 Å². The fraction of sp³-hybridized carbons (Fsp3) is 1.00. The summed E-state index contributed by atoms with van der Waals surface area (Å²) in [5.41, 5.74) is 5.89. The molecule has 3 atom stereocenters. The van der Waals surface area contributed by atoms with E-state index in [9.17, 15) is 0 Å². The van der Waals surface area contributed by atoms with E-state index in [1.165, 1.54) is 25.7 Å². The van der Waals surface area contributed by atoms with E-state index in [-0.39, 0.29) is 0 Å². The average molecular weight is 141 g/mol. The van der Waals surface area contributed by atoms with Gasteiger partial charge in [-0.2, -0.15) is 0 Å². The summed E-state index contributed by atoms with van der Waals surface area (Å²) in [5.74, 6) is 1.74. The second-order valence-electron chi connectivity index (χ2n) is 3.88. The molecular formula is C9H19N. The predicted molar refractivity (Wildman–Crippen MR) is 44.8 cm³/mol. The first-order valence-electron chi connectivity index (χ1n) is 4.45. The van der Waals surface area contributed by atoms with E-state index in [1.807, 2.05) is 0 Å². The highest BCUT2D eigenvalue weighted by molar-refractivity contribution is 4.74. The molecule has 1 nitrogen and oxygen atoms in total. The van der Waals surface area contributed by atoms with Gasteiger partial charge in [0.1, 0.15) is 0 Å². The molecule has 1 aliphatic carbocycles. The van der Waals surface area contributed by atoms with Gasteiger partial charge in [0.05, 0.1) is 0 Å². The van der Waals surface area contributed by atoms with Gasteiger partial charge in [0.25, 0.3) is 0 Å². The van der Waals surface area contributed by atoms with Crippen molar-refractivity contribution >= 4 is 0 Å². The summed E-state index contributed by atoms with van der Waals surface area (Å²) in [6.07, 6.45) is 5.21. The summed E-state index contributed by atoms with van der Waals surface area (Å²) in [4.78, 5) is 0. The van der Waals surface area contributed by atoms with E-state index in [2.05, 4.69) is 13.8 Å². The van der Waals surface area contributed by atoms with Gasteiger partial charge in [-0.15, -0.1) is 0 Å². The van der Waals surface area contributed by atoms with Crippen LogP contribution in [0.25, 0.3) is 0 Å². The standard InChI is InChI=1S/C9H19N/c1-7-4-3-5-9(10)6-8(7)2/h7-9H,3-6,10H2,1-2H3. The van der Waals surface area contributed by atoms with Crippen LogP contribution < -0.4 is 5.73 Å². The average Bonchev–Trinajstić information content (AvgIpc) is 1.96. The van der Waals surface area contributed by atoms with Crippen molar-refractivity contribution in [2.75, 3.05) is 0 Å². The Balaban J connectivity index is 2.41. The summed E-state index contributed by atoms with van der Waals surface area (Å²) in [6.45, 7) is 4.68. The first kappa shape index (κ1) is 8.06. The third kappa shape index (κ3) is 1.98. The minimum absolute atomic E-state index is 0.486. The fourth-order valence-electron chi connectivity index (χ4n) is 1.81. The Hall–Kier alpha value is -0.0400. The summed E-state index contributed by atoms with van der Waals surface area (Å²) in [7, 11) is 0. The van der Waals surface area contributed by atoms with Crippen LogP contribution in [0.3, 0.4) is 0 Å². The summed E-state index contributed by atoms with van der Waals surface area (Å²) >= 11 is 0. The fourth-order valence-corrected chi connectivity index (χ4v) is 1.81. The topological polar surface area (TPSA) is 26.0 Å². The molecule has 0 aliphatic heterocycles. The molecule has 1 aliphatic rings. The molecule has 0 bridgehead atoms. The molecule has 1 fully saturated rings. The van der Waals surface area contributed by atoms with Crippen molar-refractivity contribution in [3.8, 4) is 0 Å². The van der Waals surface area contributed by atoms with Gasteiger partial charge in [-0.1, -0.05) is 26.7 Å². The Morgan fingerprint density at radius 3 is 2.50 bits per heavy atom. The van der Waals surface area contributed by atoms with Crippen LogP contribution in [0.4, 0.5) is 0 Å². The monoisotopic (exact) mass is 141 g/mol. The molecule has 0 radical (unpaired) electrons. The van der Waals surface area contributed by atoms with Gasteiger partial charge in [-0.3, -0.25) is 0 Å². The Labute approximate surface area is 64.0 Å². The Morgan fingerprint density at radius 1 is 1.10 bits per heavy atom. The molecule has 10 heavy (non-hydrogen) atoms. The van der Waals surface area contributed by atoms with E-state index in [1.54, 1.807) is 0 Å². The SMILES string of the molecule is CC1CCCC(N)CC1C. The summed E-state index contributed by atoms with van der Waals surface area (Å²) in [6, 6.07) is 0.486. The maximum Gasteiger partial charge on any atom is 0.00414 e. The zero-order valence-electron chi connectivity index (χ0n) is 7.14. The van der Waals surface area contributed by atoms with Crippen LogP contribution in [0.5, 0.6) is 0 Å². The van der Waals surface area contributed by atoms with Crippen LogP contribution in [-0.4, -0.2) is 6.04 Å². The van der Waals surface area contributed by atoms with Gasteiger partial charge in [-0.05, 0) is 24.7 Å². The highest BCUT2D eigenvalue weighted by Gasteiger charge is 2.19. The normalized spacial score (nSPS) is 42.9. The molecule has 1 rings (SSSR count). The van der Waals surface area contributed by atoms with Gasteiger partial charge in [0.2, 0.25) is 0 Å². The lowest BCUT2D eigenvalue weighted by Crippen LogP contribution is -2.21. The second kappa shape index (κ2) is 3.38. The molecule has 2 N–H and O–H groups in total. The van der Waals surface area contributed by atoms with E-state index < -0.39 is 0 Å². The van der Waals surface area contributed by atoms with Gasteiger partial charge in [-0.25, -0.2) is 0 Å². The molecule has 0 aromatic rings. The molecule has 1 saturated carbocycles. The summed E-state index contributed by atoms with van der Waals surface area (Å²) < 4.78 is 0. The van der Waals surface area contributed by atoms with Crippen molar-refractivity contribution in [3.05, 3.63) is 0 Å². The highest BCUT2D eigenvalue weighted by Crippen LogP contribution is 2.26. The molecule has 0 aromatic carbocycles. The van der Waals surface area contributed by atoms with Crippen molar-refractivity contribution in [3.63, 3.8) is 0 Å². The molecule has 60 valence electrons. The van der Waals surface area contributed by atoms with Crippen molar-refractivity contribution in [1.29, 1.82) is 0 Å². The van der Waals surface area contributed by atoms with Crippen LogP contribution >= 0.6 is 0 Å². The molecule has 0 heterocycles. The largest absolute Gasteiger partial charge is 0.328 e. The number of hydrogen-bond acceptors (Lipinski definition) is 1. The zero-order valence-corrected chi connectivity index (χ0v) is 7.14. The maximum atomic E-state index is 5.89. The number of rotatable bonds is 0. The smallest absolute Gasteiger partial charge is 0.00414 e. The maximum absolute atomic E-state index is 5.89. The van der Waals surface area contributed by atoms with Crippen LogP contribution in [0, 0.1) is 11.8 Å². The quantitative estimate of drug-likeness (QED) is 0.514. The van der Waals surface area contributed by atoms with E-state index in [4.69, 9.17) is 5.73 Å². The van der Waals surface area contributed by atoms with E-state index >= 15 is 0 Å². The third-order valence-corrected chi connectivity index (χ3v) is 2.88. The molecule has 3 unspecified atom stereocenters. The van der Waals surface area contributed by atoms with Crippen molar-refractivity contribution < 1.29 is 0 Å². The van der Waals surface area contributed by atoms with Gasteiger partial charge >= 0.3 is 0 Å². The minimum atomic E-state index is 0.486. The lowest BCUT2D eigenvalue weighted by atomic mass is 9.91. The van der Waals surface area contributed by atoms with Gasteiger partial charge in [0, 0.05) is 6.04 Å². The van der Waals surface area contributed by atoms with Gasteiger partial charge in [0.15, 0.2) is 0 Å².